The molecule has 166 valence electrons. The molecule has 1 aromatic heterocycles. The Kier molecular flexibility index (Phi) is 6.57. The number of aromatic hydroxyl groups is 1. The fraction of sp³-hybridized carbons (Fsp3) is 0.550. The first kappa shape index (κ1) is 22.7. The van der Waals surface area contributed by atoms with E-state index in [-0.39, 0.29) is 17.9 Å². The summed E-state index contributed by atoms with van der Waals surface area (Å²) < 4.78 is 60.3. The molecule has 10 heteroatoms. The standard InChI is InChI=1S/C20H25FN2O2.BF4/c1-3-13-12-23(21)9-7-14(13)10-19(23)20(25-2)16-6-8-22-18-5-4-15(24)11-17(16)18;2-1(3,4)5/h4-6,8,11,13-14,19-20H,3,7,9-10,12H2,1-2H3;/q;-1/p+1/t13?,14?,19?,20-,23?;/m0./s1. The number of pyridine rings is 1. The molecule has 3 aliphatic heterocycles. The minimum Gasteiger partial charge on any atom is -0.508 e. The summed E-state index contributed by atoms with van der Waals surface area (Å²) in [5.74, 6) is 1.26. The van der Waals surface area contributed by atoms with Gasteiger partial charge in [0.15, 0.2) is 6.04 Å². The average Bonchev–Trinajstić information content (AvgIpc) is 2.68. The van der Waals surface area contributed by atoms with Crippen molar-refractivity contribution in [3.63, 3.8) is 0 Å². The molecule has 0 amide bonds. The summed E-state index contributed by atoms with van der Waals surface area (Å²) in [4.78, 5) is 4.37. The smallest absolute Gasteiger partial charge is 0.508 e. The van der Waals surface area contributed by atoms with E-state index >= 15 is 4.48 Å². The largest absolute Gasteiger partial charge is 0.673 e. The quantitative estimate of drug-likeness (QED) is 0.397. The molecule has 4 heterocycles. The van der Waals surface area contributed by atoms with Crippen LogP contribution in [-0.2, 0) is 4.74 Å². The van der Waals surface area contributed by atoms with Crippen molar-refractivity contribution in [1.29, 1.82) is 0 Å². The van der Waals surface area contributed by atoms with E-state index in [0.717, 1.165) is 35.7 Å². The highest BCUT2D eigenvalue weighted by molar-refractivity contribution is 6.50. The van der Waals surface area contributed by atoms with Crippen molar-refractivity contribution < 1.29 is 36.3 Å². The van der Waals surface area contributed by atoms with Gasteiger partial charge in [-0.05, 0) is 46.6 Å². The maximum absolute atomic E-state index is 15.8. The van der Waals surface area contributed by atoms with Crippen LogP contribution in [0.25, 0.3) is 10.9 Å². The van der Waals surface area contributed by atoms with Crippen molar-refractivity contribution in [2.24, 2.45) is 11.8 Å². The van der Waals surface area contributed by atoms with Gasteiger partial charge in [-0.3, -0.25) is 4.98 Å². The lowest BCUT2D eigenvalue weighted by Gasteiger charge is -2.51. The van der Waals surface area contributed by atoms with Gasteiger partial charge < -0.3 is 27.1 Å². The molecule has 0 aliphatic carbocycles. The number of hydrogen-bond donors (Lipinski definition) is 1. The second-order valence-electron chi connectivity index (χ2n) is 8.10. The molecular weight excluding hydrogens is 406 g/mol. The highest BCUT2D eigenvalue weighted by Gasteiger charge is 2.56. The number of aromatic nitrogens is 1. The number of methoxy groups -OCH3 is 1. The van der Waals surface area contributed by atoms with Crippen LogP contribution in [0.1, 0.15) is 37.9 Å². The molecule has 0 radical (unpaired) electrons. The summed E-state index contributed by atoms with van der Waals surface area (Å²) in [5, 5.41) is 10.7. The molecule has 30 heavy (non-hydrogen) atoms. The third kappa shape index (κ3) is 4.86. The molecule has 0 saturated carbocycles. The summed E-state index contributed by atoms with van der Waals surface area (Å²) in [6.45, 7) is 3.35. The van der Waals surface area contributed by atoms with E-state index in [2.05, 4.69) is 11.9 Å². The van der Waals surface area contributed by atoms with E-state index < -0.39 is 12.0 Å². The van der Waals surface area contributed by atoms with Crippen molar-refractivity contribution in [1.82, 2.24) is 4.98 Å². The number of phenols is 1. The molecule has 4 nitrogen and oxygen atoms in total. The number of phenolic OH excluding ortho intramolecular Hbond substituents is 1. The van der Waals surface area contributed by atoms with Gasteiger partial charge in [0, 0.05) is 37.5 Å². The van der Waals surface area contributed by atoms with Crippen LogP contribution in [0, 0.1) is 11.8 Å². The van der Waals surface area contributed by atoms with Crippen LogP contribution < -0.4 is 0 Å². The summed E-state index contributed by atoms with van der Waals surface area (Å²) in [7, 11) is -4.34. The van der Waals surface area contributed by atoms with Gasteiger partial charge in [-0.1, -0.05) is 6.92 Å². The second-order valence-corrected chi connectivity index (χ2v) is 8.10. The Bertz CT molecular complexity index is 878. The van der Waals surface area contributed by atoms with Gasteiger partial charge >= 0.3 is 7.25 Å². The topological polar surface area (TPSA) is 42.4 Å². The van der Waals surface area contributed by atoms with Crippen LogP contribution in [0.4, 0.5) is 21.7 Å². The van der Waals surface area contributed by atoms with Crippen molar-refractivity contribution in [2.75, 3.05) is 20.2 Å². The van der Waals surface area contributed by atoms with Crippen LogP contribution in [-0.4, -0.2) is 48.3 Å². The molecular formula is C20H26BF5N2O2. The third-order valence-corrected chi connectivity index (χ3v) is 6.41. The highest BCUT2D eigenvalue weighted by Crippen LogP contribution is 2.48. The van der Waals surface area contributed by atoms with Crippen LogP contribution in [0.5, 0.6) is 5.75 Å². The molecule has 2 aromatic rings. The Morgan fingerprint density at radius 1 is 1.27 bits per heavy atom. The lowest BCUT2D eigenvalue weighted by Crippen LogP contribution is -2.64. The zero-order chi connectivity index (χ0) is 22.1. The number of rotatable bonds is 4. The van der Waals surface area contributed by atoms with Gasteiger partial charge in [0.05, 0.1) is 5.52 Å². The highest BCUT2D eigenvalue weighted by atomic mass is 19.5. The number of nitrogens with zero attached hydrogens (tertiary/aromatic N) is 2. The van der Waals surface area contributed by atoms with Gasteiger partial charge in [-0.15, -0.1) is 4.71 Å². The Hall–Kier alpha value is -1.94. The first-order valence-electron chi connectivity index (χ1n) is 10.1. The molecule has 1 N–H and O–H groups in total. The van der Waals surface area contributed by atoms with E-state index in [1.54, 1.807) is 31.5 Å². The predicted octanol–water partition coefficient (Wildman–Crippen LogP) is 5.45. The van der Waals surface area contributed by atoms with Crippen molar-refractivity contribution in [2.45, 2.75) is 38.3 Å². The number of quaternary nitrogens is 1. The number of benzene rings is 1. The fourth-order valence-corrected chi connectivity index (χ4v) is 5.08. The molecule has 5 atom stereocenters. The van der Waals surface area contributed by atoms with Crippen molar-refractivity contribution in [3.05, 3.63) is 36.0 Å². The first-order chi connectivity index (χ1) is 14.1. The summed E-state index contributed by atoms with van der Waals surface area (Å²) in [5.41, 5.74) is 1.72. The van der Waals surface area contributed by atoms with E-state index in [9.17, 15) is 22.4 Å². The van der Waals surface area contributed by atoms with Gasteiger partial charge in [-0.25, -0.2) is 0 Å². The minimum atomic E-state index is -6.00. The minimum absolute atomic E-state index is 0.192. The normalized spacial score (nSPS) is 29.4. The third-order valence-electron chi connectivity index (χ3n) is 6.41. The fourth-order valence-electron chi connectivity index (χ4n) is 5.08. The molecule has 4 unspecified atom stereocenters. The molecule has 0 spiro atoms. The maximum Gasteiger partial charge on any atom is 0.673 e. The SMILES string of the molecule is CCC1C[N+]2(F)CCC1CC2[C@@H](OC)c1ccnc2ccc(O)cc12.F[B-](F)(F)F. The van der Waals surface area contributed by atoms with E-state index in [0.29, 0.717) is 24.9 Å². The number of hydrogen-bond acceptors (Lipinski definition) is 3. The summed E-state index contributed by atoms with van der Waals surface area (Å²) in [6, 6.07) is 6.84. The van der Waals surface area contributed by atoms with Crippen LogP contribution >= 0.6 is 0 Å². The molecule has 1 aromatic carbocycles. The molecule has 5 rings (SSSR count). The Morgan fingerprint density at radius 2 is 1.97 bits per heavy atom. The lowest BCUT2D eigenvalue weighted by molar-refractivity contribution is -1.09. The Labute approximate surface area is 172 Å². The number of ether oxygens (including phenoxy) is 1. The van der Waals surface area contributed by atoms with Gasteiger partial charge in [0.25, 0.3) is 0 Å². The Balaban J connectivity index is 0.000000461. The summed E-state index contributed by atoms with van der Waals surface area (Å²) >= 11 is 0. The van der Waals surface area contributed by atoms with E-state index in [1.807, 2.05) is 6.07 Å². The number of halogens is 5. The molecule has 3 saturated heterocycles. The zero-order valence-corrected chi connectivity index (χ0v) is 16.9. The molecule has 2 bridgehead atoms. The maximum atomic E-state index is 15.8. The van der Waals surface area contributed by atoms with Crippen molar-refractivity contribution >= 4 is 18.2 Å². The Morgan fingerprint density at radius 3 is 2.57 bits per heavy atom. The van der Waals surface area contributed by atoms with Crippen LogP contribution in [0.3, 0.4) is 0 Å². The van der Waals surface area contributed by atoms with Crippen LogP contribution in [0.15, 0.2) is 30.5 Å². The zero-order valence-electron chi connectivity index (χ0n) is 16.9. The monoisotopic (exact) mass is 432 g/mol. The predicted molar refractivity (Wildman–Crippen MR) is 105 cm³/mol. The second kappa shape index (κ2) is 8.67. The van der Waals surface area contributed by atoms with Gasteiger partial charge in [-0.2, -0.15) is 0 Å². The lowest BCUT2D eigenvalue weighted by atomic mass is 9.72. The van der Waals surface area contributed by atoms with E-state index in [1.165, 1.54) is 0 Å². The van der Waals surface area contributed by atoms with Crippen molar-refractivity contribution in [3.8, 4) is 5.75 Å². The average molecular weight is 432 g/mol. The molecule has 3 aliphatic rings. The van der Waals surface area contributed by atoms with Crippen LogP contribution in [0.2, 0.25) is 0 Å². The number of fused-ring (bicyclic) bond motifs is 4. The van der Waals surface area contributed by atoms with Gasteiger partial charge in [0.1, 0.15) is 24.9 Å². The van der Waals surface area contributed by atoms with E-state index in [4.69, 9.17) is 4.74 Å². The summed E-state index contributed by atoms with van der Waals surface area (Å²) in [6.07, 6.45) is 4.29. The van der Waals surface area contributed by atoms with Gasteiger partial charge in [0.2, 0.25) is 0 Å². The number of piperidine rings is 3. The molecule has 3 fully saturated rings. The first-order valence-corrected chi connectivity index (χ1v) is 10.1.